The summed E-state index contributed by atoms with van der Waals surface area (Å²) >= 11 is 0. The quantitative estimate of drug-likeness (QED) is 0.166. The van der Waals surface area contributed by atoms with Crippen LogP contribution in [0, 0.1) is 41.5 Å². The van der Waals surface area contributed by atoms with Gasteiger partial charge in [-0.25, -0.2) is 9.97 Å². The third-order valence-electron chi connectivity index (χ3n) is 26.1. The second-order valence-corrected chi connectivity index (χ2v) is 34.6. The van der Waals surface area contributed by atoms with Crippen LogP contribution in [0.5, 0.6) is 0 Å². The summed E-state index contributed by atoms with van der Waals surface area (Å²) in [7, 11) is 12.8. The Morgan fingerprint density at radius 1 is 0.177 bits per heavy atom. The average molecular weight is 1680 g/mol. The first-order valence-electron chi connectivity index (χ1n) is 44.5. The summed E-state index contributed by atoms with van der Waals surface area (Å²) in [6, 6.07) is 128. The summed E-state index contributed by atoms with van der Waals surface area (Å²) in [5, 5.41) is 18.3. The van der Waals surface area contributed by atoms with E-state index in [1.807, 2.05) is 36.8 Å². The number of nitrogens with zero attached hydrogens (tertiary/aromatic N) is 10. The van der Waals surface area contributed by atoms with Gasteiger partial charge in [-0.15, -0.1) is 0 Å². The smallest absolute Gasteiger partial charge is 0.159 e. The van der Waals surface area contributed by atoms with Gasteiger partial charge in [-0.3, -0.25) is 9.97 Å². The Hall–Kier alpha value is -16.0. The largest absolute Gasteiger partial charge is 0.344 e. The van der Waals surface area contributed by atoms with Crippen molar-refractivity contribution in [2.24, 2.45) is 42.3 Å². The van der Waals surface area contributed by atoms with E-state index in [-0.39, 0.29) is 0 Å². The Labute approximate surface area is 757 Å². The number of aryl methyl sites for hydroxylation is 12. The molecule has 9 heterocycles. The molecule has 0 amide bonds. The summed E-state index contributed by atoms with van der Waals surface area (Å²) in [5.74, 6) is 0.767. The lowest BCUT2D eigenvalue weighted by Crippen LogP contribution is -1.90. The van der Waals surface area contributed by atoms with Gasteiger partial charge in [0.05, 0.1) is 11.2 Å². The van der Waals surface area contributed by atoms with Crippen molar-refractivity contribution < 1.29 is 0 Å². The predicted molar refractivity (Wildman–Crippen MR) is 552 cm³/mol. The number of hydrogen-bond acceptors (Lipinski definition) is 4. The zero-order chi connectivity index (χ0) is 89.0. The molecule has 10 nitrogen and oxygen atoms in total. The number of rotatable bonds is 6. The summed E-state index contributed by atoms with van der Waals surface area (Å²) < 4.78 is 13.7. The lowest BCUT2D eigenvalue weighted by atomic mass is 9.97. The minimum Gasteiger partial charge on any atom is -0.344 e. The van der Waals surface area contributed by atoms with Crippen LogP contribution in [0.3, 0.4) is 0 Å². The molecule has 25 aromatic rings. The number of fused-ring (bicyclic) bond motifs is 19. The first kappa shape index (κ1) is 82.3. The monoisotopic (exact) mass is 1680 g/mol. The molecule has 0 atom stereocenters. The van der Waals surface area contributed by atoms with Crippen molar-refractivity contribution in [1.29, 1.82) is 0 Å². The molecule has 16 aromatic carbocycles. The molecule has 0 fully saturated rings. The number of hydrogen-bond donors (Lipinski definition) is 0. The van der Waals surface area contributed by atoms with Crippen LogP contribution in [0.1, 0.15) is 33.4 Å². The van der Waals surface area contributed by atoms with Crippen LogP contribution in [0.2, 0.25) is 0 Å². The maximum Gasteiger partial charge on any atom is 0.159 e. The highest BCUT2D eigenvalue weighted by Crippen LogP contribution is 2.41. The summed E-state index contributed by atoms with van der Waals surface area (Å²) in [5.41, 5.74) is 36.5. The van der Waals surface area contributed by atoms with E-state index in [1.165, 1.54) is 219 Å². The van der Waals surface area contributed by atoms with E-state index < -0.39 is 0 Å². The van der Waals surface area contributed by atoms with Gasteiger partial charge in [0.2, 0.25) is 0 Å². The van der Waals surface area contributed by atoms with Crippen LogP contribution in [0.25, 0.3) is 209 Å². The van der Waals surface area contributed by atoms with E-state index in [2.05, 4.69) is 471 Å². The molecular weight excluding hydrogens is 1580 g/mol. The molecule has 0 unspecified atom stereocenters. The average Bonchev–Trinajstić information content (AvgIpc) is 1.64. The zero-order valence-electron chi connectivity index (χ0n) is 75.4. The summed E-state index contributed by atoms with van der Waals surface area (Å²) in [6.07, 6.45) is 9.07. The Morgan fingerprint density at radius 3 is 0.962 bits per heavy atom. The molecule has 0 saturated heterocycles. The van der Waals surface area contributed by atoms with E-state index >= 15 is 0 Å². The van der Waals surface area contributed by atoms with Gasteiger partial charge in [0.1, 0.15) is 0 Å². The lowest BCUT2D eigenvalue weighted by Gasteiger charge is -2.07. The van der Waals surface area contributed by atoms with E-state index in [4.69, 9.17) is 0 Å². The van der Waals surface area contributed by atoms with Crippen molar-refractivity contribution in [3.63, 3.8) is 0 Å². The molecule has 9 aromatic heterocycles. The Bertz CT molecular complexity index is 7930. The van der Waals surface area contributed by atoms with E-state index in [1.54, 1.807) is 12.4 Å². The summed E-state index contributed by atoms with van der Waals surface area (Å²) in [6.45, 7) is 12.8. The fourth-order valence-electron chi connectivity index (χ4n) is 19.3. The minimum absolute atomic E-state index is 0.767. The fraction of sp³-hybridized carbons (Fsp3) is 0.100. The lowest BCUT2D eigenvalue weighted by molar-refractivity contribution is 1.01. The van der Waals surface area contributed by atoms with Gasteiger partial charge in [0, 0.05) is 215 Å². The number of aromatic nitrogens is 10. The molecule has 130 heavy (non-hydrogen) atoms. The highest BCUT2D eigenvalue weighted by atomic mass is 15.0. The van der Waals surface area contributed by atoms with Crippen molar-refractivity contribution in [2.45, 2.75) is 41.5 Å². The van der Waals surface area contributed by atoms with E-state index in [9.17, 15) is 0 Å². The SMILES string of the molecule is Cc1ccc2c3cc(-c4cccc5ccccc45)ccc3n(C)c2c1.Cc1ccc2c3cc(-c4ccccc4)ccc3n(C)c2c1.Cc1ccc2c3cc(-c4ccccn4)ccc3n(C)c2c1.Cc1ccc2c3cc(-c4ccncc4)ccc3n(C)c2c1.Cc1ccc2c3cc(-c4ncccn4)ccc3n(C)c2c1.Cc1ccc2c3cccc(-c4ccccc4)c3n(C)c2c1. The molecule has 0 bridgehead atoms. The highest BCUT2D eigenvalue weighted by molar-refractivity contribution is 6.16. The van der Waals surface area contributed by atoms with Gasteiger partial charge in [-0.2, -0.15) is 0 Å². The predicted octanol–water partition coefficient (Wildman–Crippen LogP) is 30.6. The Morgan fingerprint density at radius 2 is 0.508 bits per heavy atom. The molecule has 0 saturated carbocycles. The second-order valence-electron chi connectivity index (χ2n) is 34.6. The summed E-state index contributed by atoms with van der Waals surface area (Å²) in [4.78, 5) is 17.2. The van der Waals surface area contributed by atoms with Gasteiger partial charge in [-0.1, -0.05) is 224 Å². The topological polar surface area (TPSA) is 81.1 Å². The van der Waals surface area contributed by atoms with Gasteiger partial charge in [0.15, 0.2) is 5.82 Å². The Balaban J connectivity index is 0.0000000977. The molecule has 0 N–H and O–H groups in total. The van der Waals surface area contributed by atoms with Crippen LogP contribution in [0.15, 0.2) is 389 Å². The molecule has 25 rings (SSSR count). The standard InChI is InChI=1S/C24H19N.2C20H17N.2C19H16N2.C18H15N3/c1-16-10-12-21-22-15-18(11-13-23(22)25(2)24(21)14-16)20-9-5-7-17-6-3-4-8-19(17)20;1-14-11-12-17-18-10-6-9-16(15-7-4-3-5-8-15)20(18)21(2)19(17)13-14;1-14-8-10-17-18-13-16(15-6-4-3-5-7-15)9-11-19(18)21(2)20(17)12-14;1-13-3-5-16-17-12-15(14-7-9-20-10-8-14)4-6-18(17)21(2)19(16)11-13;1-13-6-8-15-16-12-14(17-5-3-4-10-20-17)7-9-18(16)21(2)19(15)11-13;1-12-4-6-14-15-11-13(18-19-8-3-9-20-18)5-7-16(15)21(2)17(14)10-12/h3-15H,1-2H3;2*3-13H,1-2H3;2*3-12H,1-2H3;3-11H,1-2H3. The molecule has 0 aliphatic rings. The maximum absolute atomic E-state index is 4.45. The minimum atomic E-state index is 0.767. The number of para-hydroxylation sites is 1. The maximum atomic E-state index is 4.45. The van der Waals surface area contributed by atoms with Crippen molar-refractivity contribution in [1.82, 2.24) is 47.3 Å². The molecular formula is C120H100N10. The van der Waals surface area contributed by atoms with Gasteiger partial charge in [-0.05, 0) is 258 Å². The number of benzene rings is 16. The molecule has 10 heteroatoms. The van der Waals surface area contributed by atoms with Crippen molar-refractivity contribution in [3.8, 4) is 67.2 Å². The first-order valence-corrected chi connectivity index (χ1v) is 44.5. The Kier molecular flexibility index (Phi) is 22.0. The van der Waals surface area contributed by atoms with Crippen LogP contribution >= 0.6 is 0 Å². The molecule has 0 spiro atoms. The fourth-order valence-corrected chi connectivity index (χ4v) is 19.3. The van der Waals surface area contributed by atoms with Crippen LogP contribution in [-0.4, -0.2) is 47.3 Å². The molecule has 0 aliphatic heterocycles. The molecule has 630 valence electrons. The van der Waals surface area contributed by atoms with E-state index in [0.29, 0.717) is 0 Å². The highest BCUT2D eigenvalue weighted by Gasteiger charge is 2.19. The van der Waals surface area contributed by atoms with Gasteiger partial charge in [0.25, 0.3) is 0 Å². The first-order chi connectivity index (χ1) is 63.4. The van der Waals surface area contributed by atoms with E-state index in [0.717, 1.165) is 22.6 Å². The van der Waals surface area contributed by atoms with Gasteiger partial charge < -0.3 is 27.4 Å². The van der Waals surface area contributed by atoms with Crippen molar-refractivity contribution in [3.05, 3.63) is 422 Å². The van der Waals surface area contributed by atoms with Crippen molar-refractivity contribution in [2.75, 3.05) is 0 Å². The third-order valence-corrected chi connectivity index (χ3v) is 26.1. The zero-order valence-corrected chi connectivity index (χ0v) is 75.4. The van der Waals surface area contributed by atoms with Crippen LogP contribution in [0.4, 0.5) is 0 Å². The molecule has 0 aliphatic carbocycles. The molecule has 0 radical (unpaired) electrons. The van der Waals surface area contributed by atoms with Crippen LogP contribution in [-0.2, 0) is 42.3 Å². The number of pyridine rings is 2. The van der Waals surface area contributed by atoms with Crippen molar-refractivity contribution >= 4 is 142 Å². The van der Waals surface area contributed by atoms with Crippen LogP contribution < -0.4 is 0 Å². The second kappa shape index (κ2) is 34.7. The third kappa shape index (κ3) is 15.5. The normalized spacial score (nSPS) is 11.4. The van der Waals surface area contributed by atoms with Gasteiger partial charge >= 0.3 is 0 Å².